The minimum absolute atomic E-state index is 0.0259. The number of thiophene rings is 1. The van der Waals surface area contributed by atoms with Crippen LogP contribution in [-0.4, -0.2) is 23.9 Å². The van der Waals surface area contributed by atoms with Crippen LogP contribution in [0.2, 0.25) is 4.34 Å². The van der Waals surface area contributed by atoms with Crippen molar-refractivity contribution in [2.24, 2.45) is 5.73 Å². The molecule has 1 atom stereocenters. The maximum atomic E-state index is 11.7. The Kier molecular flexibility index (Phi) is 4.57. The SMILES string of the molecule is CC[C@@H](N)C(=O)N(C)Cc1ccc(Cl)s1. The largest absolute Gasteiger partial charge is 0.339 e. The zero-order valence-electron chi connectivity index (χ0n) is 8.87. The molecule has 0 unspecified atom stereocenters. The molecule has 3 nitrogen and oxygen atoms in total. The van der Waals surface area contributed by atoms with Crippen molar-refractivity contribution >= 4 is 28.8 Å². The van der Waals surface area contributed by atoms with Crippen LogP contribution in [0.15, 0.2) is 12.1 Å². The predicted octanol–water partition coefficient (Wildman–Crippen LogP) is 2.10. The molecule has 1 aromatic heterocycles. The topological polar surface area (TPSA) is 46.3 Å². The van der Waals surface area contributed by atoms with Crippen LogP contribution >= 0.6 is 22.9 Å². The number of carbonyl (C=O) groups is 1. The minimum Gasteiger partial charge on any atom is -0.339 e. The van der Waals surface area contributed by atoms with E-state index in [2.05, 4.69) is 0 Å². The Morgan fingerprint density at radius 3 is 2.80 bits per heavy atom. The average molecular weight is 247 g/mol. The van der Waals surface area contributed by atoms with E-state index in [9.17, 15) is 4.79 Å². The van der Waals surface area contributed by atoms with Gasteiger partial charge in [-0.3, -0.25) is 4.79 Å². The van der Waals surface area contributed by atoms with E-state index in [1.165, 1.54) is 11.3 Å². The maximum Gasteiger partial charge on any atom is 0.239 e. The number of nitrogens with two attached hydrogens (primary N) is 1. The number of amides is 1. The van der Waals surface area contributed by atoms with Crippen LogP contribution < -0.4 is 5.73 Å². The highest BCUT2D eigenvalue weighted by Gasteiger charge is 2.16. The molecule has 0 aliphatic rings. The van der Waals surface area contributed by atoms with E-state index in [4.69, 9.17) is 17.3 Å². The van der Waals surface area contributed by atoms with Crippen molar-refractivity contribution in [2.75, 3.05) is 7.05 Å². The van der Waals surface area contributed by atoms with Gasteiger partial charge in [-0.05, 0) is 18.6 Å². The molecule has 0 bridgehead atoms. The fourth-order valence-corrected chi connectivity index (χ4v) is 2.35. The highest BCUT2D eigenvalue weighted by molar-refractivity contribution is 7.16. The highest BCUT2D eigenvalue weighted by Crippen LogP contribution is 2.22. The minimum atomic E-state index is -0.398. The van der Waals surface area contributed by atoms with Gasteiger partial charge in [-0.1, -0.05) is 18.5 Å². The summed E-state index contributed by atoms with van der Waals surface area (Å²) in [7, 11) is 1.76. The number of rotatable bonds is 4. The second-order valence-corrected chi connectivity index (χ2v) is 5.21. The fourth-order valence-electron chi connectivity index (χ4n) is 1.21. The maximum absolute atomic E-state index is 11.7. The summed E-state index contributed by atoms with van der Waals surface area (Å²) in [4.78, 5) is 14.4. The molecular formula is C10H15ClN2OS. The van der Waals surface area contributed by atoms with Gasteiger partial charge in [0, 0.05) is 11.9 Å². The van der Waals surface area contributed by atoms with Gasteiger partial charge in [-0.25, -0.2) is 0 Å². The lowest BCUT2D eigenvalue weighted by molar-refractivity contribution is -0.131. The van der Waals surface area contributed by atoms with Crippen molar-refractivity contribution in [3.8, 4) is 0 Å². The smallest absolute Gasteiger partial charge is 0.239 e. The van der Waals surface area contributed by atoms with Gasteiger partial charge >= 0.3 is 0 Å². The van der Waals surface area contributed by atoms with Crippen molar-refractivity contribution < 1.29 is 4.79 Å². The summed E-state index contributed by atoms with van der Waals surface area (Å²) >= 11 is 7.29. The van der Waals surface area contributed by atoms with Crippen LogP contribution in [-0.2, 0) is 11.3 Å². The number of hydrogen-bond donors (Lipinski definition) is 1. The highest BCUT2D eigenvalue weighted by atomic mass is 35.5. The summed E-state index contributed by atoms with van der Waals surface area (Å²) in [6.45, 7) is 2.47. The van der Waals surface area contributed by atoms with E-state index < -0.39 is 6.04 Å². The number of likely N-dealkylation sites (N-methyl/N-ethyl adjacent to an activating group) is 1. The summed E-state index contributed by atoms with van der Waals surface area (Å²) in [5.41, 5.74) is 5.66. The van der Waals surface area contributed by atoms with Crippen molar-refractivity contribution in [1.29, 1.82) is 0 Å². The van der Waals surface area contributed by atoms with Gasteiger partial charge in [0.25, 0.3) is 0 Å². The van der Waals surface area contributed by atoms with E-state index in [1.807, 2.05) is 19.1 Å². The first kappa shape index (κ1) is 12.5. The molecule has 0 aliphatic carbocycles. The van der Waals surface area contributed by atoms with Gasteiger partial charge in [-0.2, -0.15) is 0 Å². The molecule has 15 heavy (non-hydrogen) atoms. The summed E-state index contributed by atoms with van der Waals surface area (Å²) in [5, 5.41) is 0. The van der Waals surface area contributed by atoms with Gasteiger partial charge in [0.05, 0.1) is 16.9 Å². The van der Waals surface area contributed by atoms with Crippen LogP contribution in [0, 0.1) is 0 Å². The zero-order chi connectivity index (χ0) is 11.4. The first-order valence-corrected chi connectivity index (χ1v) is 5.98. The number of hydrogen-bond acceptors (Lipinski definition) is 3. The van der Waals surface area contributed by atoms with Crippen LogP contribution in [0.5, 0.6) is 0 Å². The first-order valence-electron chi connectivity index (χ1n) is 4.79. The quantitative estimate of drug-likeness (QED) is 0.885. The Morgan fingerprint density at radius 2 is 2.33 bits per heavy atom. The van der Waals surface area contributed by atoms with E-state index in [0.29, 0.717) is 13.0 Å². The lowest BCUT2D eigenvalue weighted by Gasteiger charge is -2.19. The second-order valence-electron chi connectivity index (χ2n) is 3.41. The summed E-state index contributed by atoms with van der Waals surface area (Å²) in [6.07, 6.45) is 0.661. The number of halogens is 1. The second kappa shape index (κ2) is 5.49. The van der Waals surface area contributed by atoms with Gasteiger partial charge in [0.15, 0.2) is 0 Å². The molecule has 1 rings (SSSR count). The molecule has 1 aromatic rings. The normalized spacial score (nSPS) is 12.5. The van der Waals surface area contributed by atoms with E-state index in [0.717, 1.165) is 9.21 Å². The van der Waals surface area contributed by atoms with Crippen LogP contribution in [0.1, 0.15) is 18.2 Å². The standard InChI is InChI=1S/C10H15ClN2OS/c1-3-8(12)10(14)13(2)6-7-4-5-9(11)15-7/h4-5,8H,3,6,12H2,1-2H3/t8-/m1/s1. The molecule has 2 N–H and O–H groups in total. The van der Waals surface area contributed by atoms with Gasteiger partial charge in [-0.15, -0.1) is 11.3 Å². The summed E-state index contributed by atoms with van der Waals surface area (Å²) in [5.74, 6) is -0.0259. The molecule has 0 aliphatic heterocycles. The monoisotopic (exact) mass is 246 g/mol. The Bertz CT molecular complexity index is 340. The third-order valence-corrected chi connectivity index (χ3v) is 3.37. The Hall–Kier alpha value is -0.580. The molecule has 0 spiro atoms. The molecular weight excluding hydrogens is 232 g/mol. The predicted molar refractivity (Wildman–Crippen MR) is 64.1 cm³/mol. The number of nitrogens with zero attached hydrogens (tertiary/aromatic N) is 1. The van der Waals surface area contributed by atoms with Crippen LogP contribution in [0.4, 0.5) is 0 Å². The van der Waals surface area contributed by atoms with Gasteiger partial charge < -0.3 is 10.6 Å². The van der Waals surface area contributed by atoms with E-state index in [-0.39, 0.29) is 5.91 Å². The zero-order valence-corrected chi connectivity index (χ0v) is 10.4. The first-order chi connectivity index (χ1) is 7.04. The summed E-state index contributed by atoms with van der Waals surface area (Å²) in [6, 6.07) is 3.36. The van der Waals surface area contributed by atoms with Crippen molar-refractivity contribution in [3.05, 3.63) is 21.3 Å². The molecule has 84 valence electrons. The lowest BCUT2D eigenvalue weighted by Crippen LogP contribution is -2.40. The molecule has 0 radical (unpaired) electrons. The molecule has 1 heterocycles. The van der Waals surface area contributed by atoms with E-state index >= 15 is 0 Å². The van der Waals surface area contributed by atoms with Crippen LogP contribution in [0.25, 0.3) is 0 Å². The fraction of sp³-hybridized carbons (Fsp3) is 0.500. The van der Waals surface area contributed by atoms with E-state index in [1.54, 1.807) is 11.9 Å². The third kappa shape index (κ3) is 3.48. The van der Waals surface area contributed by atoms with Gasteiger partial charge in [0.1, 0.15) is 0 Å². The molecule has 1 amide bonds. The molecule has 0 aromatic carbocycles. The van der Waals surface area contributed by atoms with Crippen molar-refractivity contribution in [3.63, 3.8) is 0 Å². The molecule has 0 saturated heterocycles. The molecule has 0 saturated carbocycles. The Labute approximate surface area is 98.8 Å². The molecule has 5 heteroatoms. The average Bonchev–Trinajstić information content (AvgIpc) is 2.61. The lowest BCUT2D eigenvalue weighted by atomic mass is 10.2. The van der Waals surface area contributed by atoms with Crippen LogP contribution in [0.3, 0.4) is 0 Å². The van der Waals surface area contributed by atoms with Crippen molar-refractivity contribution in [1.82, 2.24) is 4.90 Å². The Morgan fingerprint density at radius 1 is 1.67 bits per heavy atom. The number of carbonyl (C=O) groups excluding carboxylic acids is 1. The Balaban J connectivity index is 2.55. The van der Waals surface area contributed by atoms with Crippen molar-refractivity contribution in [2.45, 2.75) is 25.9 Å². The van der Waals surface area contributed by atoms with Gasteiger partial charge in [0.2, 0.25) is 5.91 Å². The summed E-state index contributed by atoms with van der Waals surface area (Å²) < 4.78 is 0.741. The third-order valence-electron chi connectivity index (χ3n) is 2.16. The molecule has 0 fully saturated rings.